The molecule has 0 aromatic rings. The fourth-order valence-electron chi connectivity index (χ4n) is 2.29. The lowest BCUT2D eigenvalue weighted by molar-refractivity contribution is 0.0841. The van der Waals surface area contributed by atoms with Crippen molar-refractivity contribution in [3.05, 3.63) is 0 Å². The number of rotatable bonds is 12. The van der Waals surface area contributed by atoms with Crippen LogP contribution in [0.1, 0.15) is 73.1 Å². The molecule has 1 unspecified atom stereocenters. The second kappa shape index (κ2) is 10.8. The number of hydrogen-bond acceptors (Lipinski definition) is 2. The number of hydrogen-bond donors (Lipinski definition) is 1. The molecular weight excluding hydrogens is 222 g/mol. The van der Waals surface area contributed by atoms with Crippen molar-refractivity contribution in [3.63, 3.8) is 0 Å². The van der Waals surface area contributed by atoms with Gasteiger partial charge in [0, 0.05) is 25.8 Å². The monoisotopic (exact) mass is 257 g/mol. The first-order chi connectivity index (χ1) is 8.60. The third-order valence-corrected chi connectivity index (χ3v) is 3.82. The van der Waals surface area contributed by atoms with Crippen LogP contribution in [0.4, 0.5) is 0 Å². The van der Waals surface area contributed by atoms with E-state index < -0.39 is 0 Å². The van der Waals surface area contributed by atoms with Crippen LogP contribution in [0.25, 0.3) is 0 Å². The molecule has 0 rings (SSSR count). The van der Waals surface area contributed by atoms with Crippen LogP contribution in [0, 0.1) is 5.41 Å². The maximum Gasteiger partial charge on any atom is 0.0471 e. The number of ether oxygens (including phenoxy) is 1. The summed E-state index contributed by atoms with van der Waals surface area (Å²) < 4.78 is 5.70. The van der Waals surface area contributed by atoms with E-state index >= 15 is 0 Å². The molecule has 0 aliphatic carbocycles. The third-order valence-electron chi connectivity index (χ3n) is 3.82. The molecule has 0 saturated heterocycles. The molecule has 0 aromatic heterocycles. The molecular formula is C16H35NO. The van der Waals surface area contributed by atoms with Crippen LogP contribution in [0.15, 0.2) is 0 Å². The van der Waals surface area contributed by atoms with E-state index in [9.17, 15) is 0 Å². The highest BCUT2D eigenvalue weighted by atomic mass is 16.5. The van der Waals surface area contributed by atoms with Gasteiger partial charge in [-0.25, -0.2) is 0 Å². The van der Waals surface area contributed by atoms with E-state index in [0.717, 1.165) is 26.2 Å². The predicted octanol–water partition coefficient (Wildman–Crippen LogP) is 4.39. The van der Waals surface area contributed by atoms with E-state index in [1.54, 1.807) is 0 Å². The first kappa shape index (κ1) is 17.9. The summed E-state index contributed by atoms with van der Waals surface area (Å²) in [6.45, 7) is 14.2. The zero-order valence-electron chi connectivity index (χ0n) is 13.3. The molecule has 0 spiro atoms. The average Bonchev–Trinajstić information content (AvgIpc) is 2.37. The SMILES string of the molecule is CCCCC(CC)(CCOCCC)CNC(C)C. The Morgan fingerprint density at radius 3 is 2.22 bits per heavy atom. The molecule has 2 nitrogen and oxygen atoms in total. The second-order valence-corrected chi connectivity index (χ2v) is 5.86. The largest absolute Gasteiger partial charge is 0.381 e. The lowest BCUT2D eigenvalue weighted by Gasteiger charge is -2.34. The minimum atomic E-state index is 0.439. The highest BCUT2D eigenvalue weighted by Gasteiger charge is 2.27. The lowest BCUT2D eigenvalue weighted by Crippen LogP contribution is -2.38. The molecule has 0 aromatic carbocycles. The topological polar surface area (TPSA) is 21.3 Å². The van der Waals surface area contributed by atoms with E-state index in [4.69, 9.17) is 4.74 Å². The summed E-state index contributed by atoms with van der Waals surface area (Å²) in [5, 5.41) is 3.63. The maximum atomic E-state index is 5.70. The van der Waals surface area contributed by atoms with Gasteiger partial charge in [0.1, 0.15) is 0 Å². The zero-order valence-corrected chi connectivity index (χ0v) is 13.3. The zero-order chi connectivity index (χ0) is 13.9. The van der Waals surface area contributed by atoms with Gasteiger partial charge in [0.25, 0.3) is 0 Å². The van der Waals surface area contributed by atoms with E-state index in [-0.39, 0.29) is 0 Å². The van der Waals surface area contributed by atoms with Crippen molar-refractivity contribution in [2.75, 3.05) is 19.8 Å². The molecule has 2 heteroatoms. The van der Waals surface area contributed by atoms with Crippen LogP contribution < -0.4 is 5.32 Å². The smallest absolute Gasteiger partial charge is 0.0471 e. The van der Waals surface area contributed by atoms with Crippen molar-refractivity contribution in [1.82, 2.24) is 5.32 Å². The highest BCUT2D eigenvalue weighted by Crippen LogP contribution is 2.32. The minimum Gasteiger partial charge on any atom is -0.381 e. The van der Waals surface area contributed by atoms with Crippen LogP contribution in [-0.2, 0) is 4.74 Å². The van der Waals surface area contributed by atoms with Gasteiger partial charge < -0.3 is 10.1 Å². The van der Waals surface area contributed by atoms with E-state index in [2.05, 4.69) is 39.9 Å². The molecule has 0 bridgehead atoms. The van der Waals surface area contributed by atoms with Gasteiger partial charge in [0.2, 0.25) is 0 Å². The molecule has 0 aliphatic heterocycles. The van der Waals surface area contributed by atoms with Crippen LogP contribution >= 0.6 is 0 Å². The Balaban J connectivity index is 4.24. The summed E-state index contributed by atoms with van der Waals surface area (Å²) in [5.41, 5.74) is 0.439. The quantitative estimate of drug-likeness (QED) is 0.524. The molecule has 0 aliphatic rings. The van der Waals surface area contributed by atoms with Crippen molar-refractivity contribution >= 4 is 0 Å². The summed E-state index contributed by atoms with van der Waals surface area (Å²) in [7, 11) is 0. The van der Waals surface area contributed by atoms with Crippen molar-refractivity contribution in [2.45, 2.75) is 79.2 Å². The molecule has 110 valence electrons. The van der Waals surface area contributed by atoms with Crippen molar-refractivity contribution in [1.29, 1.82) is 0 Å². The highest BCUT2D eigenvalue weighted by molar-refractivity contribution is 4.81. The first-order valence-corrected chi connectivity index (χ1v) is 7.91. The molecule has 18 heavy (non-hydrogen) atoms. The van der Waals surface area contributed by atoms with Crippen molar-refractivity contribution < 1.29 is 4.74 Å². The van der Waals surface area contributed by atoms with Gasteiger partial charge in [-0.2, -0.15) is 0 Å². The Labute approximate surface area is 115 Å². The van der Waals surface area contributed by atoms with E-state index in [1.807, 2.05) is 0 Å². The molecule has 1 N–H and O–H groups in total. The van der Waals surface area contributed by atoms with E-state index in [1.165, 1.54) is 32.1 Å². The van der Waals surface area contributed by atoms with Gasteiger partial charge in [-0.05, 0) is 31.1 Å². The second-order valence-electron chi connectivity index (χ2n) is 5.86. The molecule has 0 saturated carbocycles. The Morgan fingerprint density at radius 1 is 1.00 bits per heavy atom. The lowest BCUT2D eigenvalue weighted by atomic mass is 9.77. The molecule has 0 heterocycles. The van der Waals surface area contributed by atoms with Gasteiger partial charge in [-0.15, -0.1) is 0 Å². The fourth-order valence-corrected chi connectivity index (χ4v) is 2.29. The Hall–Kier alpha value is -0.0800. The predicted molar refractivity (Wildman–Crippen MR) is 81.1 cm³/mol. The summed E-state index contributed by atoms with van der Waals surface area (Å²) in [4.78, 5) is 0. The minimum absolute atomic E-state index is 0.439. The van der Waals surface area contributed by atoms with Gasteiger partial charge in [-0.3, -0.25) is 0 Å². The van der Waals surface area contributed by atoms with Gasteiger partial charge in [0.15, 0.2) is 0 Å². The van der Waals surface area contributed by atoms with Gasteiger partial charge >= 0.3 is 0 Å². The average molecular weight is 257 g/mol. The first-order valence-electron chi connectivity index (χ1n) is 7.91. The van der Waals surface area contributed by atoms with Crippen LogP contribution in [0.3, 0.4) is 0 Å². The van der Waals surface area contributed by atoms with E-state index in [0.29, 0.717) is 11.5 Å². The normalized spacial score (nSPS) is 15.0. The van der Waals surface area contributed by atoms with Crippen LogP contribution in [0.5, 0.6) is 0 Å². The van der Waals surface area contributed by atoms with Crippen molar-refractivity contribution in [2.24, 2.45) is 5.41 Å². The Bertz CT molecular complexity index is 182. The molecule has 0 fully saturated rings. The number of unbranched alkanes of at least 4 members (excludes halogenated alkanes) is 1. The van der Waals surface area contributed by atoms with Gasteiger partial charge in [0.05, 0.1) is 0 Å². The third kappa shape index (κ3) is 8.10. The summed E-state index contributed by atoms with van der Waals surface area (Å²) >= 11 is 0. The Morgan fingerprint density at radius 2 is 1.72 bits per heavy atom. The summed E-state index contributed by atoms with van der Waals surface area (Å²) in [6, 6.07) is 0.578. The standard InChI is InChI=1S/C16H35NO/c1-6-9-10-16(8-3,14-17-15(4)5)11-13-18-12-7-2/h15,17H,6-14H2,1-5H3. The van der Waals surface area contributed by atoms with Gasteiger partial charge in [-0.1, -0.05) is 47.5 Å². The maximum absolute atomic E-state index is 5.70. The van der Waals surface area contributed by atoms with Crippen LogP contribution in [-0.4, -0.2) is 25.8 Å². The molecule has 0 amide bonds. The summed E-state index contributed by atoms with van der Waals surface area (Å²) in [6.07, 6.45) is 7.53. The van der Waals surface area contributed by atoms with Crippen molar-refractivity contribution in [3.8, 4) is 0 Å². The fraction of sp³-hybridized carbons (Fsp3) is 1.00. The molecule has 0 radical (unpaired) electrons. The molecule has 1 atom stereocenters. The Kier molecular flexibility index (Phi) is 10.8. The number of nitrogens with one attached hydrogen (secondary N) is 1. The van der Waals surface area contributed by atoms with Crippen LogP contribution in [0.2, 0.25) is 0 Å². The summed E-state index contributed by atoms with van der Waals surface area (Å²) in [5.74, 6) is 0.